The molecular weight excluding hydrogens is 371 g/mol. The molecule has 1 aromatic carbocycles. The predicted octanol–water partition coefficient (Wildman–Crippen LogP) is 3.48. The van der Waals surface area contributed by atoms with Crippen LogP contribution in [0, 0.1) is 5.82 Å². The van der Waals surface area contributed by atoms with Gasteiger partial charge in [0.15, 0.2) is 11.6 Å². The number of amides is 2. The van der Waals surface area contributed by atoms with E-state index in [0.29, 0.717) is 5.70 Å². The number of likely N-dealkylation sites (N-methyl/N-ethyl adjacent to an activating group) is 1. The Morgan fingerprint density at radius 3 is 2.78 bits per heavy atom. The third kappa shape index (κ3) is 3.95. The van der Waals surface area contributed by atoms with Gasteiger partial charge < -0.3 is 14.8 Å². The Balaban J connectivity index is 2.01. The van der Waals surface area contributed by atoms with Gasteiger partial charge in [-0.2, -0.15) is 11.3 Å². The van der Waals surface area contributed by atoms with Crippen LogP contribution in [-0.4, -0.2) is 37.2 Å². The predicted molar refractivity (Wildman–Crippen MR) is 98.9 cm³/mol. The molecule has 0 spiro atoms. The number of esters is 1. The summed E-state index contributed by atoms with van der Waals surface area (Å²) in [5.41, 5.74) is 1.37. The zero-order valence-electron chi connectivity index (χ0n) is 14.9. The molecule has 1 aliphatic heterocycles. The molecule has 0 saturated carbocycles. The molecule has 1 unspecified atom stereocenters. The average molecular weight is 390 g/mol. The Hall–Kier alpha value is -2.87. The van der Waals surface area contributed by atoms with Gasteiger partial charge in [0.2, 0.25) is 0 Å². The molecule has 1 aliphatic rings. The SMILES string of the molecule is CCOC(=O)C1=C(COc2ccccc2F)N(C)C(=O)NC1c1ccsc1. The third-order valence-electron chi connectivity index (χ3n) is 4.15. The maximum atomic E-state index is 13.9. The van der Waals surface area contributed by atoms with Gasteiger partial charge in [0, 0.05) is 7.05 Å². The van der Waals surface area contributed by atoms with E-state index in [4.69, 9.17) is 9.47 Å². The van der Waals surface area contributed by atoms with Gasteiger partial charge in [0.05, 0.1) is 23.9 Å². The first-order valence-electron chi connectivity index (χ1n) is 8.36. The number of benzene rings is 1. The maximum Gasteiger partial charge on any atom is 0.338 e. The molecule has 27 heavy (non-hydrogen) atoms. The summed E-state index contributed by atoms with van der Waals surface area (Å²) in [5, 5.41) is 6.51. The van der Waals surface area contributed by atoms with Gasteiger partial charge in [-0.05, 0) is 41.4 Å². The van der Waals surface area contributed by atoms with Crippen LogP contribution in [0.5, 0.6) is 5.75 Å². The van der Waals surface area contributed by atoms with Gasteiger partial charge >= 0.3 is 12.0 Å². The van der Waals surface area contributed by atoms with Crippen molar-refractivity contribution in [2.45, 2.75) is 13.0 Å². The number of nitrogens with one attached hydrogen (secondary N) is 1. The molecule has 142 valence electrons. The topological polar surface area (TPSA) is 67.9 Å². The molecule has 3 rings (SSSR count). The molecule has 0 radical (unpaired) electrons. The Bertz CT molecular complexity index is 866. The highest BCUT2D eigenvalue weighted by Crippen LogP contribution is 2.32. The van der Waals surface area contributed by atoms with Crippen molar-refractivity contribution < 1.29 is 23.5 Å². The number of halogens is 1. The van der Waals surface area contributed by atoms with Crippen LogP contribution in [0.25, 0.3) is 0 Å². The van der Waals surface area contributed by atoms with E-state index in [2.05, 4.69) is 5.32 Å². The quantitative estimate of drug-likeness (QED) is 0.767. The number of thiophene rings is 1. The number of para-hydroxylation sites is 1. The molecule has 0 aliphatic carbocycles. The molecule has 2 heterocycles. The summed E-state index contributed by atoms with van der Waals surface area (Å²) in [5.74, 6) is -1.03. The lowest BCUT2D eigenvalue weighted by atomic mass is 9.97. The molecule has 1 N–H and O–H groups in total. The first-order valence-corrected chi connectivity index (χ1v) is 9.31. The van der Waals surface area contributed by atoms with Crippen LogP contribution in [0.15, 0.2) is 52.4 Å². The summed E-state index contributed by atoms with van der Waals surface area (Å²) in [6.45, 7) is 1.75. The largest absolute Gasteiger partial charge is 0.484 e. The Labute approximate surface area is 160 Å². The Kier molecular flexibility index (Phi) is 5.75. The first-order chi connectivity index (χ1) is 13.0. The van der Waals surface area contributed by atoms with Crippen molar-refractivity contribution in [3.05, 3.63) is 63.7 Å². The highest BCUT2D eigenvalue weighted by Gasteiger charge is 2.37. The van der Waals surface area contributed by atoms with E-state index in [-0.39, 0.29) is 30.6 Å². The fourth-order valence-corrected chi connectivity index (χ4v) is 3.46. The van der Waals surface area contributed by atoms with Crippen molar-refractivity contribution >= 4 is 23.3 Å². The number of hydrogen-bond acceptors (Lipinski definition) is 5. The Morgan fingerprint density at radius 2 is 2.11 bits per heavy atom. The minimum Gasteiger partial charge on any atom is -0.484 e. The number of nitrogens with zero attached hydrogens (tertiary/aromatic N) is 1. The molecule has 8 heteroatoms. The lowest BCUT2D eigenvalue weighted by Crippen LogP contribution is -2.48. The molecular formula is C19H19FN2O4S. The van der Waals surface area contributed by atoms with Gasteiger partial charge in [-0.15, -0.1) is 0 Å². The molecule has 1 atom stereocenters. The van der Waals surface area contributed by atoms with Crippen molar-refractivity contribution in [3.8, 4) is 5.75 Å². The number of carbonyl (C=O) groups excluding carboxylic acids is 2. The second-order valence-corrected chi connectivity index (χ2v) is 6.58. The summed E-state index contributed by atoms with van der Waals surface area (Å²) in [6.07, 6.45) is 0. The van der Waals surface area contributed by atoms with E-state index in [1.165, 1.54) is 35.4 Å². The van der Waals surface area contributed by atoms with Crippen LogP contribution in [0.3, 0.4) is 0 Å². The lowest BCUT2D eigenvalue weighted by molar-refractivity contribution is -0.139. The number of carbonyl (C=O) groups is 2. The van der Waals surface area contributed by atoms with Crippen LogP contribution in [-0.2, 0) is 9.53 Å². The smallest absolute Gasteiger partial charge is 0.338 e. The molecule has 2 aromatic rings. The average Bonchev–Trinajstić information content (AvgIpc) is 3.18. The highest BCUT2D eigenvalue weighted by atomic mass is 32.1. The summed E-state index contributed by atoms with van der Waals surface area (Å²) in [7, 11) is 1.53. The second kappa shape index (κ2) is 8.22. The van der Waals surface area contributed by atoms with E-state index in [0.717, 1.165) is 5.56 Å². The standard InChI is InChI=1S/C19H19FN2O4S/c1-3-25-18(23)16-14(10-26-15-7-5-4-6-13(15)20)22(2)19(24)21-17(16)12-8-9-27-11-12/h4-9,11,17H,3,10H2,1-2H3,(H,21,24). The molecule has 0 fully saturated rings. The van der Waals surface area contributed by atoms with Gasteiger partial charge in [0.1, 0.15) is 6.61 Å². The maximum absolute atomic E-state index is 13.9. The molecule has 0 bridgehead atoms. The van der Waals surface area contributed by atoms with E-state index in [1.807, 2.05) is 16.8 Å². The van der Waals surface area contributed by atoms with Crippen LogP contribution in [0.1, 0.15) is 18.5 Å². The van der Waals surface area contributed by atoms with Crippen molar-refractivity contribution in [3.63, 3.8) is 0 Å². The summed E-state index contributed by atoms with van der Waals surface area (Å²) < 4.78 is 24.6. The van der Waals surface area contributed by atoms with Crippen molar-refractivity contribution in [2.24, 2.45) is 0 Å². The summed E-state index contributed by atoms with van der Waals surface area (Å²) in [6, 6.07) is 6.75. The lowest BCUT2D eigenvalue weighted by Gasteiger charge is -2.34. The zero-order chi connectivity index (χ0) is 19.4. The van der Waals surface area contributed by atoms with Crippen molar-refractivity contribution in [1.82, 2.24) is 10.2 Å². The van der Waals surface area contributed by atoms with Crippen LogP contribution >= 0.6 is 11.3 Å². The van der Waals surface area contributed by atoms with E-state index in [9.17, 15) is 14.0 Å². The minimum atomic E-state index is -0.654. The van der Waals surface area contributed by atoms with Crippen LogP contribution in [0.4, 0.5) is 9.18 Å². The first kappa shape index (κ1) is 18.9. The molecule has 0 saturated heterocycles. The highest BCUT2D eigenvalue weighted by molar-refractivity contribution is 7.08. The molecule has 2 amide bonds. The van der Waals surface area contributed by atoms with E-state index >= 15 is 0 Å². The van der Waals surface area contributed by atoms with Gasteiger partial charge in [0.25, 0.3) is 0 Å². The second-order valence-electron chi connectivity index (χ2n) is 5.80. The summed E-state index contributed by atoms with van der Waals surface area (Å²) in [4.78, 5) is 26.4. The fraction of sp³-hybridized carbons (Fsp3) is 0.263. The minimum absolute atomic E-state index is 0.0414. The van der Waals surface area contributed by atoms with Crippen LogP contribution in [0.2, 0.25) is 0 Å². The normalized spacial score (nSPS) is 16.9. The van der Waals surface area contributed by atoms with E-state index < -0.39 is 17.8 Å². The van der Waals surface area contributed by atoms with Gasteiger partial charge in [-0.3, -0.25) is 4.90 Å². The number of ether oxygens (including phenoxy) is 2. The van der Waals surface area contributed by atoms with Crippen molar-refractivity contribution in [1.29, 1.82) is 0 Å². The van der Waals surface area contributed by atoms with Crippen LogP contribution < -0.4 is 10.1 Å². The van der Waals surface area contributed by atoms with Gasteiger partial charge in [-0.1, -0.05) is 12.1 Å². The monoisotopic (exact) mass is 390 g/mol. The Morgan fingerprint density at radius 1 is 1.33 bits per heavy atom. The van der Waals surface area contributed by atoms with Gasteiger partial charge in [-0.25, -0.2) is 14.0 Å². The van der Waals surface area contributed by atoms with Crippen molar-refractivity contribution in [2.75, 3.05) is 20.3 Å². The number of rotatable bonds is 6. The third-order valence-corrected chi connectivity index (χ3v) is 4.85. The molecule has 1 aromatic heterocycles. The summed E-state index contributed by atoms with van der Waals surface area (Å²) >= 11 is 1.46. The molecule has 6 nitrogen and oxygen atoms in total. The fourth-order valence-electron chi connectivity index (χ4n) is 2.78. The van der Waals surface area contributed by atoms with E-state index in [1.54, 1.807) is 19.1 Å². The number of urea groups is 1. The zero-order valence-corrected chi connectivity index (χ0v) is 15.7. The number of hydrogen-bond donors (Lipinski definition) is 1.